The van der Waals surface area contributed by atoms with Crippen LogP contribution in [0.3, 0.4) is 0 Å². The van der Waals surface area contributed by atoms with Crippen molar-refractivity contribution in [2.24, 2.45) is 0 Å². The van der Waals surface area contributed by atoms with Crippen LogP contribution in [0, 0.1) is 0 Å². The molecule has 2 atom stereocenters. The molecule has 0 bridgehead atoms. The first-order chi connectivity index (χ1) is 13.7. The molecule has 0 aliphatic carbocycles. The third-order valence-corrected chi connectivity index (χ3v) is 4.84. The van der Waals surface area contributed by atoms with E-state index in [1.807, 2.05) is 60.7 Å². The molecule has 4 nitrogen and oxygen atoms in total. The highest BCUT2D eigenvalue weighted by Gasteiger charge is 2.19. The van der Waals surface area contributed by atoms with Crippen LogP contribution in [0.1, 0.15) is 46.1 Å². The summed E-state index contributed by atoms with van der Waals surface area (Å²) in [6.07, 6.45) is 0.871. The lowest BCUT2D eigenvalue weighted by Gasteiger charge is -2.25. The Hall–Kier alpha value is -3.11. The Labute approximate surface area is 166 Å². The fourth-order valence-electron chi connectivity index (χ4n) is 3.32. The summed E-state index contributed by atoms with van der Waals surface area (Å²) in [5, 5.41) is 3.69. The molecule has 0 radical (unpaired) electrons. The van der Waals surface area contributed by atoms with Crippen molar-refractivity contribution in [1.29, 1.82) is 0 Å². The third kappa shape index (κ3) is 4.41. The van der Waals surface area contributed by atoms with Crippen LogP contribution in [0.2, 0.25) is 0 Å². The van der Waals surface area contributed by atoms with E-state index in [4.69, 9.17) is 9.47 Å². The van der Waals surface area contributed by atoms with Gasteiger partial charge in [0.15, 0.2) is 11.5 Å². The van der Waals surface area contributed by atoms with E-state index in [1.54, 1.807) is 14.2 Å². The standard InChI is InChI=1S/C24H25NO3/c1-17(19-9-5-4-6-10-19)25-24(20-11-7-8-18(14-20)16-26)21-12-13-22(27-2)23(15-21)28-3/h4-17,24-25H,1-3H3/t17-,24?/m1/s1. The van der Waals surface area contributed by atoms with Gasteiger partial charge >= 0.3 is 0 Å². The zero-order valence-corrected chi connectivity index (χ0v) is 16.4. The van der Waals surface area contributed by atoms with Crippen molar-refractivity contribution in [3.63, 3.8) is 0 Å². The molecule has 0 saturated carbocycles. The van der Waals surface area contributed by atoms with E-state index in [9.17, 15) is 4.79 Å². The summed E-state index contributed by atoms with van der Waals surface area (Å²) in [5.41, 5.74) is 3.89. The van der Waals surface area contributed by atoms with Gasteiger partial charge in [-0.3, -0.25) is 10.1 Å². The van der Waals surface area contributed by atoms with Gasteiger partial charge in [-0.25, -0.2) is 0 Å². The Bertz CT molecular complexity index is 924. The Morgan fingerprint density at radius 3 is 2.14 bits per heavy atom. The van der Waals surface area contributed by atoms with E-state index in [0.29, 0.717) is 17.1 Å². The Morgan fingerprint density at radius 2 is 1.46 bits per heavy atom. The van der Waals surface area contributed by atoms with Crippen LogP contribution in [0.5, 0.6) is 11.5 Å². The number of nitrogens with one attached hydrogen (secondary N) is 1. The quantitative estimate of drug-likeness (QED) is 0.566. The number of hydrogen-bond donors (Lipinski definition) is 1. The maximum atomic E-state index is 11.3. The number of carbonyl (C=O) groups excluding carboxylic acids is 1. The van der Waals surface area contributed by atoms with Crippen molar-refractivity contribution in [1.82, 2.24) is 5.32 Å². The Kier molecular flexibility index (Phi) is 6.45. The molecular weight excluding hydrogens is 350 g/mol. The van der Waals surface area contributed by atoms with Crippen LogP contribution in [0.15, 0.2) is 72.8 Å². The fourth-order valence-corrected chi connectivity index (χ4v) is 3.32. The number of benzene rings is 3. The molecule has 3 aromatic carbocycles. The number of methoxy groups -OCH3 is 2. The summed E-state index contributed by atoms with van der Waals surface area (Å²) in [6.45, 7) is 2.13. The molecule has 0 spiro atoms. The molecule has 0 amide bonds. The van der Waals surface area contributed by atoms with E-state index in [2.05, 4.69) is 24.4 Å². The summed E-state index contributed by atoms with van der Waals surface area (Å²) in [7, 11) is 3.25. The maximum absolute atomic E-state index is 11.3. The van der Waals surface area contributed by atoms with E-state index >= 15 is 0 Å². The van der Waals surface area contributed by atoms with Crippen LogP contribution in [-0.2, 0) is 0 Å². The molecule has 1 N–H and O–H groups in total. The minimum Gasteiger partial charge on any atom is -0.493 e. The zero-order valence-electron chi connectivity index (χ0n) is 16.4. The van der Waals surface area contributed by atoms with E-state index in [-0.39, 0.29) is 12.1 Å². The topological polar surface area (TPSA) is 47.6 Å². The molecule has 0 fully saturated rings. The Balaban J connectivity index is 2.02. The van der Waals surface area contributed by atoms with Gasteiger partial charge < -0.3 is 9.47 Å². The van der Waals surface area contributed by atoms with E-state index in [1.165, 1.54) is 5.56 Å². The molecule has 4 heteroatoms. The smallest absolute Gasteiger partial charge is 0.161 e. The summed E-state index contributed by atoms with van der Waals surface area (Å²) < 4.78 is 10.9. The minimum atomic E-state index is -0.116. The molecule has 144 valence electrons. The number of rotatable bonds is 8. The van der Waals surface area contributed by atoms with Crippen LogP contribution < -0.4 is 14.8 Å². The molecular formula is C24H25NO3. The molecule has 28 heavy (non-hydrogen) atoms. The summed E-state index contributed by atoms with van der Waals surface area (Å²) in [4.78, 5) is 11.3. The van der Waals surface area contributed by atoms with Gasteiger partial charge in [0.25, 0.3) is 0 Å². The van der Waals surface area contributed by atoms with Crippen LogP contribution in [0.4, 0.5) is 0 Å². The van der Waals surface area contributed by atoms with E-state index in [0.717, 1.165) is 17.4 Å². The second-order valence-electron chi connectivity index (χ2n) is 6.63. The highest BCUT2D eigenvalue weighted by Crippen LogP contribution is 2.33. The first-order valence-electron chi connectivity index (χ1n) is 9.24. The number of ether oxygens (including phenoxy) is 2. The molecule has 3 rings (SSSR count). The van der Waals surface area contributed by atoms with Gasteiger partial charge in [0.1, 0.15) is 6.29 Å². The minimum absolute atomic E-state index is 0.110. The van der Waals surface area contributed by atoms with Crippen LogP contribution in [0.25, 0.3) is 0 Å². The highest BCUT2D eigenvalue weighted by molar-refractivity contribution is 5.75. The number of carbonyl (C=O) groups is 1. The second kappa shape index (κ2) is 9.20. The lowest BCUT2D eigenvalue weighted by atomic mass is 9.95. The average Bonchev–Trinajstić information content (AvgIpc) is 2.77. The van der Waals surface area contributed by atoms with Gasteiger partial charge in [-0.2, -0.15) is 0 Å². The summed E-state index contributed by atoms with van der Waals surface area (Å²) in [6, 6.07) is 23.8. The van der Waals surface area contributed by atoms with Crippen molar-refractivity contribution in [3.8, 4) is 11.5 Å². The second-order valence-corrected chi connectivity index (χ2v) is 6.63. The van der Waals surface area contributed by atoms with Crippen LogP contribution in [-0.4, -0.2) is 20.5 Å². The summed E-state index contributed by atoms with van der Waals surface area (Å²) in [5.74, 6) is 1.36. The molecule has 0 aliphatic heterocycles. The van der Waals surface area contributed by atoms with Gasteiger partial charge in [0.05, 0.1) is 20.3 Å². The highest BCUT2D eigenvalue weighted by atomic mass is 16.5. The van der Waals surface area contributed by atoms with Gasteiger partial charge in [-0.15, -0.1) is 0 Å². The van der Waals surface area contributed by atoms with Crippen molar-refractivity contribution in [2.45, 2.75) is 19.0 Å². The lowest BCUT2D eigenvalue weighted by Crippen LogP contribution is -2.25. The average molecular weight is 375 g/mol. The third-order valence-electron chi connectivity index (χ3n) is 4.84. The molecule has 0 aromatic heterocycles. The molecule has 1 unspecified atom stereocenters. The van der Waals surface area contributed by atoms with Crippen molar-refractivity contribution in [3.05, 3.63) is 95.1 Å². The number of aldehydes is 1. The van der Waals surface area contributed by atoms with E-state index < -0.39 is 0 Å². The predicted molar refractivity (Wildman–Crippen MR) is 111 cm³/mol. The van der Waals surface area contributed by atoms with Gasteiger partial charge in [-0.1, -0.05) is 54.6 Å². The van der Waals surface area contributed by atoms with Crippen molar-refractivity contribution >= 4 is 6.29 Å². The van der Waals surface area contributed by atoms with Gasteiger partial charge in [0, 0.05) is 11.6 Å². The predicted octanol–water partition coefficient (Wildman–Crippen LogP) is 4.96. The zero-order chi connectivity index (χ0) is 19.9. The maximum Gasteiger partial charge on any atom is 0.161 e. The molecule has 0 heterocycles. The SMILES string of the molecule is COc1ccc(C(N[C@H](C)c2ccccc2)c2cccc(C=O)c2)cc1OC. The first kappa shape index (κ1) is 19.6. The number of hydrogen-bond acceptors (Lipinski definition) is 4. The van der Waals surface area contributed by atoms with Gasteiger partial charge in [-0.05, 0) is 41.8 Å². The van der Waals surface area contributed by atoms with Crippen molar-refractivity contribution in [2.75, 3.05) is 14.2 Å². The van der Waals surface area contributed by atoms with Crippen LogP contribution >= 0.6 is 0 Å². The fraction of sp³-hybridized carbons (Fsp3) is 0.208. The molecule has 0 saturated heterocycles. The lowest BCUT2D eigenvalue weighted by molar-refractivity contribution is 0.112. The normalized spacial score (nSPS) is 12.8. The van der Waals surface area contributed by atoms with Crippen molar-refractivity contribution < 1.29 is 14.3 Å². The molecule has 0 aliphatic rings. The summed E-state index contributed by atoms with van der Waals surface area (Å²) >= 11 is 0. The van der Waals surface area contributed by atoms with Gasteiger partial charge in [0.2, 0.25) is 0 Å². The Morgan fingerprint density at radius 1 is 0.786 bits per heavy atom. The molecule has 3 aromatic rings. The first-order valence-corrected chi connectivity index (χ1v) is 9.24. The largest absolute Gasteiger partial charge is 0.493 e. The monoisotopic (exact) mass is 375 g/mol.